The molecule has 5 aromatic rings. The molecule has 0 aliphatic rings. The average molecular weight is 481 g/mol. The van der Waals surface area contributed by atoms with Gasteiger partial charge >= 0.3 is 0 Å². The Morgan fingerprint density at radius 3 is 1.50 bits per heavy atom. The summed E-state index contributed by atoms with van der Waals surface area (Å²) in [5.74, 6) is 0. The number of nitriles is 2. The molecule has 5 aromatic carbocycles. The highest BCUT2D eigenvalue weighted by Gasteiger charge is 2.29. The molecule has 36 heavy (non-hydrogen) atoms. The third-order valence-electron chi connectivity index (χ3n) is 6.29. The molecular weight excluding hydrogens is 459 g/mol. The van der Waals surface area contributed by atoms with Gasteiger partial charge in [-0.15, -0.1) is 0 Å². The van der Waals surface area contributed by atoms with E-state index in [0.29, 0.717) is 11.1 Å². The van der Waals surface area contributed by atoms with Crippen LogP contribution in [0.1, 0.15) is 11.1 Å². The maximum atomic E-state index is 14.8. The van der Waals surface area contributed by atoms with E-state index in [2.05, 4.69) is 12.1 Å². The lowest BCUT2D eigenvalue weighted by Gasteiger charge is -2.21. The van der Waals surface area contributed by atoms with Crippen LogP contribution in [0.4, 0.5) is 0 Å². The predicted molar refractivity (Wildman–Crippen MR) is 146 cm³/mol. The maximum absolute atomic E-state index is 14.8. The molecule has 0 bridgehead atoms. The Labute approximate surface area is 210 Å². The first-order valence-electron chi connectivity index (χ1n) is 11.5. The summed E-state index contributed by atoms with van der Waals surface area (Å²) in [7, 11) is -3.14. The van der Waals surface area contributed by atoms with Gasteiger partial charge in [0.25, 0.3) is 0 Å². The number of hydrogen-bond acceptors (Lipinski definition) is 3. The van der Waals surface area contributed by atoms with Crippen LogP contribution in [0.5, 0.6) is 0 Å². The Morgan fingerprint density at radius 1 is 0.472 bits per heavy atom. The van der Waals surface area contributed by atoms with Crippen molar-refractivity contribution in [3.8, 4) is 34.4 Å². The van der Waals surface area contributed by atoms with E-state index in [1.54, 1.807) is 18.2 Å². The largest absolute Gasteiger partial charge is 0.309 e. The van der Waals surface area contributed by atoms with Crippen LogP contribution in [-0.2, 0) is 4.57 Å². The summed E-state index contributed by atoms with van der Waals surface area (Å²) >= 11 is 0. The molecule has 170 valence electrons. The van der Waals surface area contributed by atoms with Crippen molar-refractivity contribution < 1.29 is 4.57 Å². The van der Waals surface area contributed by atoms with Crippen LogP contribution in [0.3, 0.4) is 0 Å². The van der Waals surface area contributed by atoms with E-state index in [-0.39, 0.29) is 0 Å². The first-order valence-corrected chi connectivity index (χ1v) is 13.2. The lowest BCUT2D eigenvalue weighted by Crippen LogP contribution is -2.24. The minimum absolute atomic E-state index is 0.606. The van der Waals surface area contributed by atoms with E-state index >= 15 is 0 Å². The molecule has 0 radical (unpaired) electrons. The fraction of sp³-hybridized carbons (Fsp3) is 0. The van der Waals surface area contributed by atoms with Crippen LogP contribution in [0.2, 0.25) is 0 Å². The SMILES string of the molecule is N#Cc1ccc(-c2ccc(P(=O)(c3ccccc3)c3ccc(-c4ccccc4C#N)cc3)cc2)cc1. The van der Waals surface area contributed by atoms with Gasteiger partial charge < -0.3 is 4.57 Å². The molecule has 0 N–H and O–H groups in total. The summed E-state index contributed by atoms with van der Waals surface area (Å²) in [6, 6.07) is 44.4. The van der Waals surface area contributed by atoms with E-state index in [1.165, 1.54) is 0 Å². The summed E-state index contributed by atoms with van der Waals surface area (Å²) in [6.07, 6.45) is 0. The first-order chi connectivity index (χ1) is 17.6. The molecule has 0 spiro atoms. The van der Waals surface area contributed by atoms with Crippen molar-refractivity contribution in [1.82, 2.24) is 0 Å². The zero-order valence-electron chi connectivity index (χ0n) is 19.4. The fourth-order valence-electron chi connectivity index (χ4n) is 4.37. The molecule has 3 nitrogen and oxygen atoms in total. The Bertz CT molecular complexity index is 1640. The van der Waals surface area contributed by atoms with Crippen LogP contribution in [0.25, 0.3) is 22.3 Å². The van der Waals surface area contributed by atoms with Crippen molar-refractivity contribution in [1.29, 1.82) is 10.5 Å². The average Bonchev–Trinajstić information content (AvgIpc) is 2.97. The van der Waals surface area contributed by atoms with E-state index in [9.17, 15) is 9.83 Å². The van der Waals surface area contributed by atoms with Crippen molar-refractivity contribution in [2.45, 2.75) is 0 Å². The lowest BCUT2D eigenvalue weighted by atomic mass is 10.0. The Balaban J connectivity index is 1.57. The number of rotatable bonds is 5. The quantitative estimate of drug-likeness (QED) is 0.273. The number of nitrogens with zero attached hydrogens (tertiary/aromatic N) is 2. The summed E-state index contributed by atoms with van der Waals surface area (Å²) < 4.78 is 14.8. The molecule has 0 amide bonds. The van der Waals surface area contributed by atoms with Crippen LogP contribution in [-0.4, -0.2) is 0 Å². The summed E-state index contributed by atoms with van der Waals surface area (Å²) in [5, 5.41) is 20.8. The van der Waals surface area contributed by atoms with Gasteiger partial charge in [-0.2, -0.15) is 10.5 Å². The topological polar surface area (TPSA) is 64.7 Å². The monoisotopic (exact) mass is 480 g/mol. The van der Waals surface area contributed by atoms with Crippen LogP contribution in [0.15, 0.2) is 127 Å². The normalized spacial score (nSPS) is 12.2. The van der Waals surface area contributed by atoms with Gasteiger partial charge in [0, 0.05) is 15.9 Å². The minimum atomic E-state index is -3.14. The Morgan fingerprint density at radius 2 is 0.944 bits per heavy atom. The lowest BCUT2D eigenvalue weighted by molar-refractivity contribution is 0.592. The van der Waals surface area contributed by atoms with Gasteiger partial charge in [0.05, 0.1) is 23.3 Å². The van der Waals surface area contributed by atoms with Gasteiger partial charge in [0.1, 0.15) is 0 Å². The molecular formula is C32H21N2OP. The first kappa shape index (κ1) is 23.1. The van der Waals surface area contributed by atoms with Gasteiger partial charge in [0.2, 0.25) is 0 Å². The van der Waals surface area contributed by atoms with Crippen molar-refractivity contribution >= 4 is 23.1 Å². The van der Waals surface area contributed by atoms with Crippen molar-refractivity contribution in [3.05, 3.63) is 139 Å². The highest BCUT2D eigenvalue weighted by molar-refractivity contribution is 7.85. The van der Waals surface area contributed by atoms with Crippen molar-refractivity contribution in [2.75, 3.05) is 0 Å². The maximum Gasteiger partial charge on any atom is 0.171 e. The molecule has 0 aliphatic heterocycles. The molecule has 5 rings (SSSR count). The Hall–Kier alpha value is -4.69. The predicted octanol–water partition coefficient (Wildman–Crippen LogP) is 6.40. The molecule has 1 atom stereocenters. The standard InChI is InChI=1S/C32H21N2OP/c33-22-24-10-12-25(13-11-24)26-14-18-30(19-15-26)36(35,29-7-2-1-3-8-29)31-20-16-27(17-21-31)32-9-5-4-6-28(32)23-34/h1-21H. The summed E-state index contributed by atoms with van der Waals surface area (Å²) in [5.41, 5.74) is 4.97. The zero-order chi connectivity index (χ0) is 25.0. The molecule has 0 aromatic heterocycles. The second-order valence-electron chi connectivity index (χ2n) is 8.39. The van der Waals surface area contributed by atoms with Crippen LogP contribution in [0, 0.1) is 22.7 Å². The van der Waals surface area contributed by atoms with E-state index < -0.39 is 7.14 Å². The summed E-state index contributed by atoms with van der Waals surface area (Å²) in [6.45, 7) is 0. The van der Waals surface area contributed by atoms with Crippen molar-refractivity contribution in [3.63, 3.8) is 0 Å². The molecule has 0 saturated carbocycles. The van der Waals surface area contributed by atoms with Crippen molar-refractivity contribution in [2.24, 2.45) is 0 Å². The summed E-state index contributed by atoms with van der Waals surface area (Å²) in [4.78, 5) is 0. The molecule has 0 saturated heterocycles. The van der Waals surface area contributed by atoms with Gasteiger partial charge in [-0.05, 0) is 40.5 Å². The number of benzene rings is 5. The van der Waals surface area contributed by atoms with E-state index in [4.69, 9.17) is 5.26 Å². The molecule has 0 fully saturated rings. The highest BCUT2D eigenvalue weighted by atomic mass is 31.2. The third-order valence-corrected chi connectivity index (χ3v) is 9.36. The fourth-order valence-corrected chi connectivity index (χ4v) is 6.99. The van der Waals surface area contributed by atoms with Gasteiger partial charge in [-0.1, -0.05) is 109 Å². The minimum Gasteiger partial charge on any atom is -0.309 e. The zero-order valence-corrected chi connectivity index (χ0v) is 20.3. The molecule has 1 unspecified atom stereocenters. The van der Waals surface area contributed by atoms with Crippen LogP contribution >= 0.6 is 7.14 Å². The van der Waals surface area contributed by atoms with E-state index in [1.807, 2.05) is 109 Å². The second-order valence-corrected chi connectivity index (χ2v) is 11.2. The third kappa shape index (κ3) is 4.25. The number of hydrogen-bond donors (Lipinski definition) is 0. The Kier molecular flexibility index (Phi) is 6.34. The molecule has 0 heterocycles. The smallest absolute Gasteiger partial charge is 0.171 e. The van der Waals surface area contributed by atoms with Gasteiger partial charge in [-0.3, -0.25) is 0 Å². The van der Waals surface area contributed by atoms with Gasteiger partial charge in [0.15, 0.2) is 7.14 Å². The van der Waals surface area contributed by atoms with Gasteiger partial charge in [-0.25, -0.2) is 0 Å². The second kappa shape index (κ2) is 9.89. The van der Waals surface area contributed by atoms with E-state index in [0.717, 1.165) is 38.2 Å². The molecule has 4 heteroatoms. The molecule has 0 aliphatic carbocycles. The van der Waals surface area contributed by atoms with Crippen LogP contribution < -0.4 is 15.9 Å². The highest BCUT2D eigenvalue weighted by Crippen LogP contribution is 2.43.